The molecule has 2 N–H and O–H groups in total. The minimum atomic E-state index is 0.366. The predicted molar refractivity (Wildman–Crippen MR) is 56.2 cm³/mol. The summed E-state index contributed by atoms with van der Waals surface area (Å²) in [6, 6.07) is 9.55. The molecule has 0 aliphatic rings. The molecule has 1 aromatic carbocycles. The summed E-state index contributed by atoms with van der Waals surface area (Å²) in [5, 5.41) is 7.63. The van der Waals surface area contributed by atoms with Crippen LogP contribution < -0.4 is 10.5 Å². The Bertz CT molecular complexity index is 438. The quantitative estimate of drug-likeness (QED) is 0.809. The summed E-state index contributed by atoms with van der Waals surface area (Å²) >= 11 is 0. The van der Waals surface area contributed by atoms with Crippen LogP contribution in [0.1, 0.15) is 5.82 Å². The summed E-state index contributed by atoms with van der Waals surface area (Å²) in [5.41, 5.74) is 5.54. The Kier molecular flexibility index (Phi) is 2.53. The van der Waals surface area contributed by atoms with E-state index in [4.69, 9.17) is 10.5 Å². The van der Waals surface area contributed by atoms with E-state index in [0.29, 0.717) is 18.4 Å². The van der Waals surface area contributed by atoms with Gasteiger partial charge in [-0.25, -0.2) is 0 Å². The van der Waals surface area contributed by atoms with Crippen LogP contribution in [0.2, 0.25) is 0 Å². The molecule has 0 saturated carbocycles. The Balaban J connectivity index is 2.02. The fraction of sp³-hybridized carbons (Fsp3) is 0.200. The SMILES string of the molecule is Cn1c(N)nnc1COc1ccccc1. The maximum atomic E-state index is 5.54. The number of benzene rings is 1. The molecule has 2 aromatic rings. The van der Waals surface area contributed by atoms with Gasteiger partial charge in [0.1, 0.15) is 12.4 Å². The van der Waals surface area contributed by atoms with E-state index in [2.05, 4.69) is 10.2 Å². The normalized spacial score (nSPS) is 10.2. The molecule has 15 heavy (non-hydrogen) atoms. The number of hydrogen-bond donors (Lipinski definition) is 1. The maximum absolute atomic E-state index is 5.54. The number of nitrogens with two attached hydrogens (primary N) is 1. The molecule has 0 aliphatic heterocycles. The number of rotatable bonds is 3. The molecule has 5 heteroatoms. The number of aromatic nitrogens is 3. The van der Waals surface area contributed by atoms with E-state index >= 15 is 0 Å². The van der Waals surface area contributed by atoms with Crippen molar-refractivity contribution in [3.8, 4) is 5.75 Å². The molecule has 0 amide bonds. The highest BCUT2D eigenvalue weighted by atomic mass is 16.5. The Morgan fingerprint density at radius 2 is 2.00 bits per heavy atom. The Hall–Kier alpha value is -2.04. The molecule has 0 radical (unpaired) electrons. The monoisotopic (exact) mass is 204 g/mol. The van der Waals surface area contributed by atoms with E-state index in [0.717, 1.165) is 5.75 Å². The Labute approximate surface area is 87.5 Å². The van der Waals surface area contributed by atoms with E-state index in [1.165, 1.54) is 0 Å². The molecule has 1 heterocycles. The van der Waals surface area contributed by atoms with Gasteiger partial charge >= 0.3 is 0 Å². The first-order valence-corrected chi connectivity index (χ1v) is 4.59. The van der Waals surface area contributed by atoms with Crippen LogP contribution in [0.15, 0.2) is 30.3 Å². The van der Waals surface area contributed by atoms with Crippen LogP contribution in [0.5, 0.6) is 5.75 Å². The van der Waals surface area contributed by atoms with Crippen molar-refractivity contribution >= 4 is 5.95 Å². The van der Waals surface area contributed by atoms with E-state index in [-0.39, 0.29) is 0 Å². The first-order valence-electron chi connectivity index (χ1n) is 4.59. The summed E-state index contributed by atoms with van der Waals surface area (Å²) in [6.45, 7) is 0.366. The molecule has 78 valence electrons. The van der Waals surface area contributed by atoms with Crippen LogP contribution in [0.25, 0.3) is 0 Å². The Morgan fingerprint density at radius 1 is 1.27 bits per heavy atom. The van der Waals surface area contributed by atoms with Crippen LogP contribution in [0.4, 0.5) is 5.95 Å². The van der Waals surface area contributed by atoms with Gasteiger partial charge in [-0.2, -0.15) is 0 Å². The molecule has 0 saturated heterocycles. The van der Waals surface area contributed by atoms with E-state index in [9.17, 15) is 0 Å². The molecular weight excluding hydrogens is 192 g/mol. The second-order valence-corrected chi connectivity index (χ2v) is 3.14. The van der Waals surface area contributed by atoms with Crippen LogP contribution in [-0.4, -0.2) is 14.8 Å². The highest BCUT2D eigenvalue weighted by molar-refractivity contribution is 5.21. The standard InChI is InChI=1S/C10H12N4O/c1-14-9(12-13-10(14)11)7-15-8-5-3-2-4-6-8/h2-6H,7H2,1H3,(H2,11,13). The molecule has 0 unspecified atom stereocenters. The van der Waals surface area contributed by atoms with Gasteiger partial charge in [0, 0.05) is 7.05 Å². The lowest BCUT2D eigenvalue weighted by atomic mass is 10.3. The van der Waals surface area contributed by atoms with Crippen molar-refractivity contribution in [2.75, 3.05) is 5.73 Å². The lowest BCUT2D eigenvalue weighted by Crippen LogP contribution is -2.05. The zero-order valence-electron chi connectivity index (χ0n) is 8.42. The van der Waals surface area contributed by atoms with E-state index in [1.54, 1.807) is 11.6 Å². The van der Waals surface area contributed by atoms with Gasteiger partial charge in [-0.1, -0.05) is 18.2 Å². The van der Waals surface area contributed by atoms with E-state index < -0.39 is 0 Å². The maximum Gasteiger partial charge on any atom is 0.221 e. The molecule has 1 aromatic heterocycles. The number of ether oxygens (including phenoxy) is 1. The third-order valence-electron chi connectivity index (χ3n) is 2.11. The van der Waals surface area contributed by atoms with Crippen molar-refractivity contribution in [3.05, 3.63) is 36.2 Å². The lowest BCUT2D eigenvalue weighted by molar-refractivity contribution is 0.291. The number of para-hydroxylation sites is 1. The predicted octanol–water partition coefficient (Wildman–Crippen LogP) is 0.976. The summed E-state index contributed by atoms with van der Waals surface area (Å²) in [5.74, 6) is 1.90. The van der Waals surface area contributed by atoms with Gasteiger partial charge in [-0.15, -0.1) is 10.2 Å². The van der Waals surface area contributed by atoms with E-state index in [1.807, 2.05) is 30.3 Å². The van der Waals surface area contributed by atoms with Gasteiger partial charge in [0.2, 0.25) is 5.95 Å². The molecular formula is C10H12N4O. The number of nitrogen functional groups attached to an aromatic ring is 1. The molecule has 2 rings (SSSR count). The zero-order chi connectivity index (χ0) is 10.7. The largest absolute Gasteiger partial charge is 0.486 e. The van der Waals surface area contributed by atoms with Crippen molar-refractivity contribution < 1.29 is 4.74 Å². The zero-order valence-corrected chi connectivity index (χ0v) is 8.42. The van der Waals surface area contributed by atoms with Gasteiger partial charge in [0.15, 0.2) is 5.82 Å². The molecule has 5 nitrogen and oxygen atoms in total. The van der Waals surface area contributed by atoms with Gasteiger partial charge in [0.05, 0.1) is 0 Å². The van der Waals surface area contributed by atoms with Crippen LogP contribution in [-0.2, 0) is 13.7 Å². The average Bonchev–Trinajstić information content (AvgIpc) is 2.59. The van der Waals surface area contributed by atoms with Crippen molar-refractivity contribution in [3.63, 3.8) is 0 Å². The minimum absolute atomic E-state index is 0.366. The lowest BCUT2D eigenvalue weighted by Gasteiger charge is -2.04. The molecule has 0 spiro atoms. The first kappa shape index (κ1) is 9.51. The highest BCUT2D eigenvalue weighted by Crippen LogP contribution is 2.10. The third-order valence-corrected chi connectivity index (χ3v) is 2.11. The second-order valence-electron chi connectivity index (χ2n) is 3.14. The molecule has 0 atom stereocenters. The van der Waals surface area contributed by atoms with Crippen molar-refractivity contribution in [2.45, 2.75) is 6.61 Å². The van der Waals surface area contributed by atoms with Crippen LogP contribution in [0.3, 0.4) is 0 Å². The molecule has 0 fully saturated rings. The summed E-state index contributed by atoms with van der Waals surface area (Å²) in [7, 11) is 1.80. The van der Waals surface area contributed by atoms with Gasteiger partial charge in [-0.3, -0.25) is 4.57 Å². The van der Waals surface area contributed by atoms with Gasteiger partial charge in [-0.05, 0) is 12.1 Å². The van der Waals surface area contributed by atoms with Gasteiger partial charge < -0.3 is 10.5 Å². The average molecular weight is 204 g/mol. The third kappa shape index (κ3) is 2.07. The Morgan fingerprint density at radius 3 is 2.60 bits per heavy atom. The topological polar surface area (TPSA) is 66.0 Å². The van der Waals surface area contributed by atoms with Crippen LogP contribution >= 0.6 is 0 Å². The summed E-state index contributed by atoms with van der Waals surface area (Å²) in [4.78, 5) is 0. The number of nitrogens with zero attached hydrogens (tertiary/aromatic N) is 3. The van der Waals surface area contributed by atoms with Gasteiger partial charge in [0.25, 0.3) is 0 Å². The van der Waals surface area contributed by atoms with Crippen LogP contribution in [0, 0.1) is 0 Å². The fourth-order valence-corrected chi connectivity index (χ4v) is 1.17. The summed E-state index contributed by atoms with van der Waals surface area (Å²) in [6.07, 6.45) is 0. The molecule has 0 bridgehead atoms. The summed E-state index contributed by atoms with van der Waals surface area (Å²) < 4.78 is 7.20. The second kappa shape index (κ2) is 4.00. The smallest absolute Gasteiger partial charge is 0.221 e. The van der Waals surface area contributed by atoms with Crippen molar-refractivity contribution in [1.29, 1.82) is 0 Å². The fourth-order valence-electron chi connectivity index (χ4n) is 1.17. The molecule has 0 aliphatic carbocycles. The first-order chi connectivity index (χ1) is 7.27. The number of anilines is 1. The van der Waals surface area contributed by atoms with Crippen molar-refractivity contribution in [1.82, 2.24) is 14.8 Å². The minimum Gasteiger partial charge on any atom is -0.486 e. The highest BCUT2D eigenvalue weighted by Gasteiger charge is 2.05. The number of hydrogen-bond acceptors (Lipinski definition) is 4. The van der Waals surface area contributed by atoms with Crippen molar-refractivity contribution in [2.24, 2.45) is 7.05 Å².